The molecular weight excluding hydrogens is 420 g/mol. The van der Waals surface area contributed by atoms with Gasteiger partial charge in [-0.3, -0.25) is 4.79 Å². The first-order chi connectivity index (χ1) is 11.2. The van der Waals surface area contributed by atoms with E-state index in [-0.39, 0.29) is 17.0 Å². The summed E-state index contributed by atoms with van der Waals surface area (Å²) in [6.07, 6.45) is 0. The number of benzene rings is 2. The van der Waals surface area contributed by atoms with Gasteiger partial charge in [0.25, 0.3) is 5.91 Å². The zero-order valence-electron chi connectivity index (χ0n) is 12.5. The fourth-order valence-corrected chi connectivity index (χ4v) is 3.17. The smallest absolute Gasteiger partial charge is 0.252 e. The van der Waals surface area contributed by atoms with Crippen molar-refractivity contribution in [3.8, 4) is 5.75 Å². The second-order valence-corrected chi connectivity index (χ2v) is 7.68. The van der Waals surface area contributed by atoms with Gasteiger partial charge in [-0.15, -0.1) is 0 Å². The third-order valence-electron chi connectivity index (χ3n) is 3.19. The number of nitrogens with two attached hydrogens (primary N) is 1. The van der Waals surface area contributed by atoms with Crippen LogP contribution in [0.5, 0.6) is 5.75 Å². The molecule has 6 nitrogen and oxygen atoms in total. The summed E-state index contributed by atoms with van der Waals surface area (Å²) in [7, 11) is -2.38. The molecule has 0 radical (unpaired) electrons. The van der Waals surface area contributed by atoms with E-state index in [4.69, 9.17) is 21.5 Å². The number of hydrogen-bond acceptors (Lipinski definition) is 4. The maximum Gasteiger partial charge on any atom is 0.252 e. The highest BCUT2D eigenvalue weighted by molar-refractivity contribution is 9.10. The van der Waals surface area contributed by atoms with Crippen LogP contribution in [0.4, 0.5) is 0 Å². The van der Waals surface area contributed by atoms with Crippen molar-refractivity contribution in [3.63, 3.8) is 0 Å². The monoisotopic (exact) mass is 432 g/mol. The normalized spacial score (nSPS) is 11.2. The molecule has 1 amide bonds. The first-order valence-electron chi connectivity index (χ1n) is 6.65. The van der Waals surface area contributed by atoms with E-state index >= 15 is 0 Å². The molecule has 2 rings (SSSR count). The van der Waals surface area contributed by atoms with Crippen molar-refractivity contribution in [3.05, 3.63) is 57.0 Å². The second-order valence-electron chi connectivity index (χ2n) is 4.83. The van der Waals surface area contributed by atoms with Crippen LogP contribution >= 0.6 is 27.5 Å². The third kappa shape index (κ3) is 4.47. The van der Waals surface area contributed by atoms with Crippen LogP contribution in [0.15, 0.2) is 45.8 Å². The van der Waals surface area contributed by atoms with Gasteiger partial charge >= 0.3 is 0 Å². The number of carbonyl (C=O) groups excluding carboxylic acids is 1. The van der Waals surface area contributed by atoms with Crippen LogP contribution in [0.1, 0.15) is 15.9 Å². The highest BCUT2D eigenvalue weighted by Gasteiger charge is 2.16. The van der Waals surface area contributed by atoms with Gasteiger partial charge in [0.2, 0.25) is 10.0 Å². The number of ether oxygens (including phenoxy) is 1. The maximum absolute atomic E-state index is 12.4. The lowest BCUT2D eigenvalue weighted by Gasteiger charge is -2.11. The van der Waals surface area contributed by atoms with Gasteiger partial charge < -0.3 is 10.1 Å². The lowest BCUT2D eigenvalue weighted by Crippen LogP contribution is -2.24. The SMILES string of the molecule is COc1ccc(Cl)cc1CNC(=O)c1cc(S(N)(=O)=O)ccc1Br. The lowest BCUT2D eigenvalue weighted by molar-refractivity contribution is 0.0949. The number of rotatable bonds is 5. The van der Waals surface area contributed by atoms with Crippen molar-refractivity contribution < 1.29 is 17.9 Å². The summed E-state index contributed by atoms with van der Waals surface area (Å²) in [6, 6.07) is 9.03. The van der Waals surface area contributed by atoms with Crippen molar-refractivity contribution in [1.29, 1.82) is 0 Å². The number of nitrogens with one attached hydrogen (secondary N) is 1. The molecule has 2 aromatic rings. The summed E-state index contributed by atoms with van der Waals surface area (Å²) in [4.78, 5) is 12.2. The maximum atomic E-state index is 12.4. The molecule has 0 saturated heterocycles. The average molecular weight is 434 g/mol. The highest BCUT2D eigenvalue weighted by atomic mass is 79.9. The van der Waals surface area contributed by atoms with Crippen LogP contribution in [0, 0.1) is 0 Å². The molecule has 0 aliphatic rings. The quantitative estimate of drug-likeness (QED) is 0.757. The minimum Gasteiger partial charge on any atom is -0.496 e. The van der Waals surface area contributed by atoms with Gasteiger partial charge in [0.1, 0.15) is 5.75 Å². The van der Waals surface area contributed by atoms with E-state index in [1.165, 1.54) is 25.3 Å². The van der Waals surface area contributed by atoms with Gasteiger partial charge in [0.15, 0.2) is 0 Å². The number of sulfonamides is 1. The fourth-order valence-electron chi connectivity index (χ4n) is 2.01. The van der Waals surface area contributed by atoms with E-state index < -0.39 is 15.9 Å². The molecule has 128 valence electrons. The Hall–Kier alpha value is -1.61. The first-order valence-corrected chi connectivity index (χ1v) is 9.37. The molecule has 0 saturated carbocycles. The van der Waals surface area contributed by atoms with Gasteiger partial charge in [-0.2, -0.15) is 0 Å². The number of primary sulfonamides is 1. The largest absolute Gasteiger partial charge is 0.496 e. The summed E-state index contributed by atoms with van der Waals surface area (Å²) in [5.41, 5.74) is 0.847. The van der Waals surface area contributed by atoms with E-state index in [9.17, 15) is 13.2 Å². The van der Waals surface area contributed by atoms with E-state index in [2.05, 4.69) is 21.2 Å². The van der Waals surface area contributed by atoms with Gasteiger partial charge in [0.05, 0.1) is 17.6 Å². The molecule has 0 unspecified atom stereocenters. The molecule has 0 heterocycles. The van der Waals surface area contributed by atoms with Crippen LogP contribution in [0.3, 0.4) is 0 Å². The number of amides is 1. The summed E-state index contributed by atoms with van der Waals surface area (Å²) in [5.74, 6) is 0.117. The van der Waals surface area contributed by atoms with E-state index in [1.807, 2.05) is 0 Å². The molecule has 0 fully saturated rings. The predicted octanol–water partition coefficient (Wildman–Crippen LogP) is 2.69. The molecule has 0 aliphatic carbocycles. The lowest BCUT2D eigenvalue weighted by atomic mass is 10.1. The van der Waals surface area contributed by atoms with E-state index in [1.54, 1.807) is 18.2 Å². The topological polar surface area (TPSA) is 98.5 Å². The zero-order valence-corrected chi connectivity index (χ0v) is 15.7. The molecule has 0 atom stereocenters. The van der Waals surface area contributed by atoms with E-state index in [0.717, 1.165) is 0 Å². The molecule has 0 spiro atoms. The van der Waals surface area contributed by atoms with Gasteiger partial charge in [0, 0.05) is 21.6 Å². The van der Waals surface area contributed by atoms with Crippen molar-refractivity contribution in [1.82, 2.24) is 5.32 Å². The van der Waals surface area contributed by atoms with E-state index in [0.29, 0.717) is 20.8 Å². The molecule has 0 bridgehead atoms. The Labute approximate surface area is 153 Å². The highest BCUT2D eigenvalue weighted by Crippen LogP contribution is 2.23. The Balaban J connectivity index is 2.24. The molecule has 0 aliphatic heterocycles. The minimum absolute atomic E-state index is 0.142. The van der Waals surface area contributed by atoms with Gasteiger partial charge in [-0.05, 0) is 52.3 Å². The molecular formula is C15H14BrClN2O4S. The first kappa shape index (κ1) is 18.7. The van der Waals surface area contributed by atoms with Crippen LogP contribution in [0.2, 0.25) is 5.02 Å². The Morgan fingerprint density at radius 3 is 2.62 bits per heavy atom. The Kier molecular flexibility index (Phi) is 5.87. The number of hydrogen-bond donors (Lipinski definition) is 2. The van der Waals surface area contributed by atoms with Crippen molar-refractivity contribution in [2.75, 3.05) is 7.11 Å². The Morgan fingerprint density at radius 2 is 2.00 bits per heavy atom. The molecule has 3 N–H and O–H groups in total. The second kappa shape index (κ2) is 7.52. The fraction of sp³-hybridized carbons (Fsp3) is 0.133. The molecule has 24 heavy (non-hydrogen) atoms. The van der Waals surface area contributed by atoms with Crippen LogP contribution in [0.25, 0.3) is 0 Å². The summed E-state index contributed by atoms with van der Waals surface area (Å²) >= 11 is 9.17. The summed E-state index contributed by atoms with van der Waals surface area (Å²) in [5, 5.41) is 8.29. The zero-order chi connectivity index (χ0) is 17.9. The minimum atomic E-state index is -3.90. The van der Waals surface area contributed by atoms with Gasteiger partial charge in [-0.1, -0.05) is 11.6 Å². The third-order valence-corrected chi connectivity index (χ3v) is 5.03. The number of methoxy groups -OCH3 is 1. The Morgan fingerprint density at radius 1 is 1.29 bits per heavy atom. The summed E-state index contributed by atoms with van der Waals surface area (Å²) in [6.45, 7) is 0.161. The van der Waals surface area contributed by atoms with Crippen LogP contribution in [-0.2, 0) is 16.6 Å². The van der Waals surface area contributed by atoms with Crippen molar-refractivity contribution in [2.24, 2.45) is 5.14 Å². The molecule has 9 heteroatoms. The van der Waals surface area contributed by atoms with Crippen LogP contribution in [-0.4, -0.2) is 21.4 Å². The van der Waals surface area contributed by atoms with Crippen molar-refractivity contribution in [2.45, 2.75) is 11.4 Å². The number of carbonyl (C=O) groups is 1. The van der Waals surface area contributed by atoms with Crippen LogP contribution < -0.4 is 15.2 Å². The number of halogens is 2. The molecule has 0 aromatic heterocycles. The predicted molar refractivity (Wildman–Crippen MR) is 94.7 cm³/mol. The average Bonchev–Trinajstić information content (AvgIpc) is 2.52. The standard InChI is InChI=1S/C15H14BrClN2O4S/c1-23-14-5-2-10(17)6-9(14)8-19-15(20)12-7-11(24(18,21)22)3-4-13(12)16/h2-7H,8H2,1H3,(H,19,20)(H2,18,21,22). The molecule has 2 aromatic carbocycles. The Bertz CT molecular complexity index is 887. The van der Waals surface area contributed by atoms with Gasteiger partial charge in [-0.25, -0.2) is 13.6 Å². The van der Waals surface area contributed by atoms with Crippen molar-refractivity contribution >= 4 is 43.5 Å². The summed E-state index contributed by atoms with van der Waals surface area (Å²) < 4.78 is 28.5.